The van der Waals surface area contributed by atoms with Gasteiger partial charge in [0.15, 0.2) is 0 Å². The van der Waals surface area contributed by atoms with Gasteiger partial charge in [0.1, 0.15) is 0 Å². The summed E-state index contributed by atoms with van der Waals surface area (Å²) in [5.41, 5.74) is 6.81. The molecule has 1 heterocycles. The number of hydrogen-bond donors (Lipinski definition) is 1. The molecule has 1 aliphatic heterocycles. The third-order valence-corrected chi connectivity index (χ3v) is 5.71. The fourth-order valence-corrected chi connectivity index (χ4v) is 4.23. The zero-order valence-corrected chi connectivity index (χ0v) is 13.6. The van der Waals surface area contributed by atoms with Gasteiger partial charge in [-0.1, -0.05) is 26.0 Å². The Bertz CT molecular complexity index is 529. The summed E-state index contributed by atoms with van der Waals surface area (Å²) in [6, 6.07) is 7.15. The summed E-state index contributed by atoms with van der Waals surface area (Å²) in [4.78, 5) is 0.372. The van der Waals surface area contributed by atoms with Gasteiger partial charge in [-0.2, -0.15) is 4.31 Å². The molecule has 0 radical (unpaired) electrons. The molecule has 1 aromatic rings. The van der Waals surface area contributed by atoms with E-state index < -0.39 is 10.0 Å². The first-order valence-corrected chi connectivity index (χ1v) is 8.22. The van der Waals surface area contributed by atoms with Gasteiger partial charge in [-0.25, -0.2) is 8.42 Å². The highest BCUT2D eigenvalue weighted by atomic mass is 35.5. The molecule has 1 unspecified atom stereocenters. The second-order valence-corrected chi connectivity index (χ2v) is 7.26. The van der Waals surface area contributed by atoms with E-state index in [9.17, 15) is 8.42 Å². The lowest BCUT2D eigenvalue weighted by atomic mass is 10.0. The van der Waals surface area contributed by atoms with Crippen molar-refractivity contribution in [2.24, 2.45) is 5.73 Å². The van der Waals surface area contributed by atoms with E-state index in [2.05, 4.69) is 13.8 Å². The smallest absolute Gasteiger partial charge is 0.243 e. The zero-order valence-electron chi connectivity index (χ0n) is 12.0. The Labute approximate surface area is 127 Å². The Balaban J connectivity index is 0.00000200. The summed E-state index contributed by atoms with van der Waals surface area (Å²) in [7, 11) is -3.39. The van der Waals surface area contributed by atoms with E-state index in [4.69, 9.17) is 5.73 Å². The fraction of sp³-hybridized carbons (Fsp3) is 0.571. The lowest BCUT2D eigenvalue weighted by Gasteiger charge is -2.23. The van der Waals surface area contributed by atoms with Crippen LogP contribution in [0.4, 0.5) is 0 Å². The molecule has 1 atom stereocenters. The second kappa shape index (κ2) is 6.89. The fourth-order valence-electron chi connectivity index (χ4n) is 2.52. The Morgan fingerprint density at radius 1 is 1.30 bits per heavy atom. The van der Waals surface area contributed by atoms with Crippen molar-refractivity contribution < 1.29 is 8.42 Å². The van der Waals surface area contributed by atoms with Crippen LogP contribution in [0.2, 0.25) is 0 Å². The second-order valence-electron chi connectivity index (χ2n) is 5.37. The summed E-state index contributed by atoms with van der Waals surface area (Å²) >= 11 is 0. The van der Waals surface area contributed by atoms with Crippen LogP contribution in [0.1, 0.15) is 38.2 Å². The van der Waals surface area contributed by atoms with E-state index in [1.807, 2.05) is 12.1 Å². The minimum absolute atomic E-state index is 0. The number of benzene rings is 1. The van der Waals surface area contributed by atoms with Crippen molar-refractivity contribution in [1.29, 1.82) is 0 Å². The maximum Gasteiger partial charge on any atom is 0.243 e. The molecule has 0 aromatic heterocycles. The summed E-state index contributed by atoms with van der Waals surface area (Å²) in [5, 5.41) is 0. The van der Waals surface area contributed by atoms with Crippen LogP contribution >= 0.6 is 12.4 Å². The average Bonchev–Trinajstić information content (AvgIpc) is 2.87. The minimum atomic E-state index is -3.39. The molecule has 114 valence electrons. The maximum atomic E-state index is 12.6. The van der Waals surface area contributed by atoms with Crippen LogP contribution in [0.5, 0.6) is 0 Å². The van der Waals surface area contributed by atoms with Crippen molar-refractivity contribution in [2.45, 2.75) is 43.5 Å². The van der Waals surface area contributed by atoms with Crippen molar-refractivity contribution >= 4 is 22.4 Å². The van der Waals surface area contributed by atoms with Gasteiger partial charge in [0.25, 0.3) is 0 Å². The van der Waals surface area contributed by atoms with E-state index in [1.54, 1.807) is 16.4 Å². The normalized spacial score (nSPS) is 20.1. The molecule has 6 heteroatoms. The molecule has 0 saturated carbocycles. The van der Waals surface area contributed by atoms with Crippen molar-refractivity contribution in [2.75, 3.05) is 13.1 Å². The molecule has 1 aliphatic rings. The number of rotatable bonds is 4. The lowest BCUT2D eigenvalue weighted by Crippen LogP contribution is -2.39. The minimum Gasteiger partial charge on any atom is -0.329 e. The summed E-state index contributed by atoms with van der Waals surface area (Å²) in [6.45, 7) is 5.16. The van der Waals surface area contributed by atoms with Crippen LogP contribution in [0, 0.1) is 0 Å². The molecule has 1 aromatic carbocycles. The SMILES string of the molecule is CC(C)c1ccc(S(=O)(=O)N2CCCC2CN)cc1.Cl. The summed E-state index contributed by atoms with van der Waals surface area (Å²) in [5.74, 6) is 0.403. The Morgan fingerprint density at radius 2 is 1.90 bits per heavy atom. The molecule has 2 N–H and O–H groups in total. The van der Waals surface area contributed by atoms with Crippen LogP contribution in [0.25, 0.3) is 0 Å². The molecular weight excluding hydrogens is 296 g/mol. The molecule has 0 amide bonds. The molecule has 0 spiro atoms. The topological polar surface area (TPSA) is 63.4 Å². The van der Waals surface area contributed by atoms with Gasteiger partial charge >= 0.3 is 0 Å². The van der Waals surface area contributed by atoms with Crippen molar-refractivity contribution in [3.8, 4) is 0 Å². The van der Waals surface area contributed by atoms with Crippen LogP contribution < -0.4 is 5.73 Å². The molecule has 0 bridgehead atoms. The number of sulfonamides is 1. The Morgan fingerprint density at radius 3 is 2.40 bits per heavy atom. The van der Waals surface area contributed by atoms with Gasteiger partial charge in [0.2, 0.25) is 10.0 Å². The highest BCUT2D eigenvalue weighted by molar-refractivity contribution is 7.89. The van der Waals surface area contributed by atoms with Crippen molar-refractivity contribution in [3.05, 3.63) is 29.8 Å². The Kier molecular flexibility index (Phi) is 6.01. The number of halogens is 1. The number of nitrogens with zero attached hydrogens (tertiary/aromatic N) is 1. The van der Waals surface area contributed by atoms with Gasteiger partial charge in [0, 0.05) is 19.1 Å². The maximum absolute atomic E-state index is 12.6. The van der Waals surface area contributed by atoms with E-state index in [-0.39, 0.29) is 18.4 Å². The van der Waals surface area contributed by atoms with Crippen LogP contribution in [-0.4, -0.2) is 31.9 Å². The highest BCUT2D eigenvalue weighted by Gasteiger charge is 2.34. The first-order valence-electron chi connectivity index (χ1n) is 6.78. The van der Waals surface area contributed by atoms with E-state index in [1.165, 1.54) is 0 Å². The van der Waals surface area contributed by atoms with E-state index >= 15 is 0 Å². The third-order valence-electron chi connectivity index (χ3n) is 3.75. The average molecular weight is 319 g/mol. The van der Waals surface area contributed by atoms with Crippen molar-refractivity contribution in [1.82, 2.24) is 4.31 Å². The predicted octanol–water partition coefficient (Wildman–Crippen LogP) is 2.34. The van der Waals surface area contributed by atoms with Gasteiger partial charge in [0.05, 0.1) is 4.90 Å². The Hall–Kier alpha value is -0.620. The molecule has 2 rings (SSSR count). The third kappa shape index (κ3) is 3.34. The number of hydrogen-bond acceptors (Lipinski definition) is 3. The van der Waals surface area contributed by atoms with Crippen LogP contribution in [0.15, 0.2) is 29.2 Å². The van der Waals surface area contributed by atoms with Crippen LogP contribution in [0.3, 0.4) is 0 Å². The largest absolute Gasteiger partial charge is 0.329 e. The molecule has 4 nitrogen and oxygen atoms in total. The first kappa shape index (κ1) is 17.4. The molecule has 1 fully saturated rings. The lowest BCUT2D eigenvalue weighted by molar-refractivity contribution is 0.393. The molecular formula is C14H23ClN2O2S. The molecule has 0 aliphatic carbocycles. The van der Waals surface area contributed by atoms with Crippen LogP contribution in [-0.2, 0) is 10.0 Å². The van der Waals surface area contributed by atoms with Gasteiger partial charge in [-0.15, -0.1) is 12.4 Å². The first-order chi connectivity index (χ1) is 8.96. The van der Waals surface area contributed by atoms with Crippen molar-refractivity contribution in [3.63, 3.8) is 0 Å². The predicted molar refractivity (Wildman–Crippen MR) is 83.7 cm³/mol. The highest BCUT2D eigenvalue weighted by Crippen LogP contribution is 2.26. The molecule has 20 heavy (non-hydrogen) atoms. The quantitative estimate of drug-likeness (QED) is 0.926. The molecule has 1 saturated heterocycles. The van der Waals surface area contributed by atoms with Gasteiger partial charge < -0.3 is 5.73 Å². The summed E-state index contributed by atoms with van der Waals surface area (Å²) < 4.78 is 26.7. The van der Waals surface area contributed by atoms with Gasteiger partial charge in [-0.05, 0) is 36.5 Å². The zero-order chi connectivity index (χ0) is 14.0. The monoisotopic (exact) mass is 318 g/mol. The van der Waals surface area contributed by atoms with E-state index in [0.717, 1.165) is 18.4 Å². The standard InChI is InChI=1S/C14H22N2O2S.ClH/c1-11(2)12-5-7-14(8-6-12)19(17,18)16-9-3-4-13(16)10-15;/h5-8,11,13H,3-4,9-10,15H2,1-2H3;1H. The van der Waals surface area contributed by atoms with E-state index in [0.29, 0.717) is 23.9 Å². The summed E-state index contributed by atoms with van der Waals surface area (Å²) in [6.07, 6.45) is 1.75. The number of nitrogens with two attached hydrogens (primary N) is 1. The van der Waals surface area contributed by atoms with Gasteiger partial charge in [-0.3, -0.25) is 0 Å².